The molecule has 0 radical (unpaired) electrons. The summed E-state index contributed by atoms with van der Waals surface area (Å²) in [4.78, 5) is 23.3. The first-order valence-corrected chi connectivity index (χ1v) is 9.56. The van der Waals surface area contributed by atoms with Crippen molar-refractivity contribution >= 4 is 23.6 Å². The monoisotopic (exact) mass is 401 g/mol. The lowest BCUT2D eigenvalue weighted by Gasteiger charge is -2.28. The van der Waals surface area contributed by atoms with Gasteiger partial charge in [-0.25, -0.2) is 4.79 Å². The zero-order valence-corrected chi connectivity index (χ0v) is 17.2. The van der Waals surface area contributed by atoms with Crippen molar-refractivity contribution in [3.63, 3.8) is 0 Å². The van der Waals surface area contributed by atoms with Crippen LogP contribution < -0.4 is 5.32 Å². The van der Waals surface area contributed by atoms with E-state index in [-0.39, 0.29) is 12.0 Å². The normalized spacial score (nSPS) is 27.0. The van der Waals surface area contributed by atoms with E-state index in [1.165, 1.54) is 5.57 Å². The maximum atomic E-state index is 12.0. The van der Waals surface area contributed by atoms with E-state index in [1.807, 2.05) is 27.7 Å². The summed E-state index contributed by atoms with van der Waals surface area (Å²) in [6.45, 7) is 8.47. The number of hydrogen-bond donors (Lipinski definition) is 1. The summed E-state index contributed by atoms with van der Waals surface area (Å²) in [7, 11) is 1.55. The van der Waals surface area contributed by atoms with Gasteiger partial charge in [0.15, 0.2) is 0 Å². The lowest BCUT2D eigenvalue weighted by molar-refractivity contribution is -0.118. The van der Waals surface area contributed by atoms with Crippen LogP contribution in [0, 0.1) is 0 Å². The van der Waals surface area contributed by atoms with Gasteiger partial charge in [-0.3, -0.25) is 10.1 Å². The van der Waals surface area contributed by atoms with E-state index in [0.29, 0.717) is 13.0 Å². The highest BCUT2D eigenvalue weighted by Crippen LogP contribution is 2.50. The molecule has 2 heterocycles. The molecular formula is C19H28ClNO6. The molecule has 2 fully saturated rings. The number of methoxy groups -OCH3 is 1. The molecule has 0 aliphatic carbocycles. The number of imide groups is 1. The molecule has 2 saturated heterocycles. The molecule has 0 saturated carbocycles. The zero-order chi connectivity index (χ0) is 20.2. The van der Waals surface area contributed by atoms with Crippen molar-refractivity contribution < 1.29 is 28.5 Å². The van der Waals surface area contributed by atoms with E-state index in [0.717, 1.165) is 17.8 Å². The molecule has 152 valence electrons. The summed E-state index contributed by atoms with van der Waals surface area (Å²) in [6, 6.07) is 0. The Labute approximate surface area is 165 Å². The first kappa shape index (κ1) is 21.7. The molecule has 0 bridgehead atoms. The lowest BCUT2D eigenvalue weighted by atomic mass is 9.87. The minimum absolute atomic E-state index is 0.0147. The van der Waals surface area contributed by atoms with Gasteiger partial charge in [0.1, 0.15) is 36.1 Å². The van der Waals surface area contributed by atoms with Crippen LogP contribution in [0.25, 0.3) is 0 Å². The molecule has 0 aromatic rings. The number of nitrogens with one attached hydrogen (secondary N) is 1. The molecule has 0 aromatic heterocycles. The first-order chi connectivity index (χ1) is 12.8. The number of carbonyl (C=O) groups excluding carboxylic acids is 2. The number of epoxide rings is 2. The Hall–Kier alpha value is -1.57. The molecule has 2 unspecified atom stereocenters. The molecule has 4 atom stereocenters. The van der Waals surface area contributed by atoms with Gasteiger partial charge in [0.25, 0.3) is 0 Å². The van der Waals surface area contributed by atoms with Crippen molar-refractivity contribution in [1.82, 2.24) is 5.32 Å². The summed E-state index contributed by atoms with van der Waals surface area (Å²) in [6.07, 6.45) is 1.44. The summed E-state index contributed by atoms with van der Waals surface area (Å²) in [5.41, 5.74) is 1.56. The Morgan fingerprint density at radius 1 is 1.44 bits per heavy atom. The van der Waals surface area contributed by atoms with E-state index < -0.39 is 29.8 Å². The smallest absolute Gasteiger partial charge is 0.414 e. The van der Waals surface area contributed by atoms with Crippen molar-refractivity contribution in [2.24, 2.45) is 0 Å². The first-order valence-electron chi connectivity index (χ1n) is 9.03. The number of alkyl carbamates (subject to hydrolysis) is 1. The van der Waals surface area contributed by atoms with Gasteiger partial charge in [0.05, 0.1) is 6.10 Å². The van der Waals surface area contributed by atoms with Gasteiger partial charge in [-0.2, -0.15) is 0 Å². The van der Waals surface area contributed by atoms with E-state index in [1.54, 1.807) is 7.11 Å². The third kappa shape index (κ3) is 5.46. The van der Waals surface area contributed by atoms with Crippen molar-refractivity contribution in [3.05, 3.63) is 23.0 Å². The van der Waals surface area contributed by atoms with Gasteiger partial charge in [-0.05, 0) is 33.6 Å². The van der Waals surface area contributed by atoms with Gasteiger partial charge < -0.3 is 18.9 Å². The number of halogens is 1. The topological polar surface area (TPSA) is 89.7 Å². The highest BCUT2D eigenvalue weighted by atomic mass is 35.5. The van der Waals surface area contributed by atoms with Crippen molar-refractivity contribution in [3.8, 4) is 0 Å². The second kappa shape index (κ2) is 9.08. The van der Waals surface area contributed by atoms with Crippen molar-refractivity contribution in [2.75, 3.05) is 19.6 Å². The number of allylic oxidation sites excluding steroid dienone is 1. The van der Waals surface area contributed by atoms with Crippen LogP contribution in [0.15, 0.2) is 23.0 Å². The Balaban J connectivity index is 2.15. The molecule has 27 heavy (non-hydrogen) atoms. The summed E-state index contributed by atoms with van der Waals surface area (Å²) in [5.74, 6) is -0.127. The summed E-state index contributed by atoms with van der Waals surface area (Å²) in [5, 5.41) is 2.08. The third-order valence-corrected chi connectivity index (χ3v) is 4.95. The predicted molar refractivity (Wildman–Crippen MR) is 101 cm³/mol. The predicted octanol–water partition coefficient (Wildman–Crippen LogP) is 3.07. The van der Waals surface area contributed by atoms with Crippen LogP contribution in [0.5, 0.6) is 0 Å². The van der Waals surface area contributed by atoms with Crippen LogP contribution >= 0.6 is 11.6 Å². The number of amides is 2. The van der Waals surface area contributed by atoms with E-state index in [2.05, 4.69) is 11.4 Å². The number of ether oxygens (including phenoxy) is 4. The van der Waals surface area contributed by atoms with E-state index in [9.17, 15) is 9.59 Å². The van der Waals surface area contributed by atoms with Crippen LogP contribution in [-0.4, -0.2) is 55.5 Å². The molecule has 2 rings (SSSR count). The molecule has 2 amide bonds. The highest BCUT2D eigenvalue weighted by Gasteiger charge is 2.59. The molecule has 0 aromatic carbocycles. The average Bonchev–Trinajstić information content (AvgIpc) is 3.53. The van der Waals surface area contributed by atoms with E-state index in [4.69, 9.17) is 30.5 Å². The molecule has 2 aliphatic rings. The number of rotatable bonds is 9. The van der Waals surface area contributed by atoms with Gasteiger partial charge >= 0.3 is 6.09 Å². The molecule has 1 N–H and O–H groups in total. The van der Waals surface area contributed by atoms with Gasteiger partial charge in [-0.1, -0.05) is 18.6 Å². The zero-order valence-electron chi connectivity index (χ0n) is 16.5. The van der Waals surface area contributed by atoms with Crippen LogP contribution in [-0.2, 0) is 23.7 Å². The Kier molecular flexibility index (Phi) is 7.31. The SMILES string of the molecule is CCC(OC(=O)NC(=O)CCl)C(OC)/C(=C1/CO1)[C@@]1(C)O[C@@H]1CC=C(C)C. The van der Waals surface area contributed by atoms with Gasteiger partial charge in [-0.15, -0.1) is 11.6 Å². The fraction of sp³-hybridized carbons (Fsp3) is 0.684. The van der Waals surface area contributed by atoms with Crippen molar-refractivity contribution in [1.29, 1.82) is 0 Å². The van der Waals surface area contributed by atoms with E-state index >= 15 is 0 Å². The van der Waals surface area contributed by atoms with Crippen LogP contribution in [0.4, 0.5) is 4.79 Å². The maximum absolute atomic E-state index is 12.0. The highest BCUT2D eigenvalue weighted by molar-refractivity contribution is 6.28. The number of hydrogen-bond acceptors (Lipinski definition) is 6. The Morgan fingerprint density at radius 2 is 2.11 bits per heavy atom. The Morgan fingerprint density at radius 3 is 2.59 bits per heavy atom. The fourth-order valence-electron chi connectivity index (χ4n) is 3.15. The van der Waals surface area contributed by atoms with Crippen LogP contribution in [0.1, 0.15) is 40.5 Å². The molecule has 7 nitrogen and oxygen atoms in total. The minimum Gasteiger partial charge on any atom is -0.486 e. The molecular weight excluding hydrogens is 374 g/mol. The molecule has 2 aliphatic heterocycles. The standard InChI is InChI=1S/C19H28ClNO6/c1-6-12(26-18(23)21-15(22)9-20)17(24-5)16(13-10-25-13)19(4)14(27-19)8-7-11(2)3/h7,12,14,17H,6,8-10H2,1-5H3,(H,21,22,23)/b16-13+/t12?,14-,17?,19+/m1/s1. The quantitative estimate of drug-likeness (QED) is 0.363. The number of carbonyl (C=O) groups is 2. The summed E-state index contributed by atoms with van der Waals surface area (Å²) >= 11 is 5.40. The second-order valence-corrected chi connectivity index (χ2v) is 7.31. The second-order valence-electron chi connectivity index (χ2n) is 7.05. The van der Waals surface area contributed by atoms with Crippen LogP contribution in [0.2, 0.25) is 0 Å². The van der Waals surface area contributed by atoms with Crippen LogP contribution in [0.3, 0.4) is 0 Å². The fourth-order valence-corrected chi connectivity index (χ4v) is 3.22. The van der Waals surface area contributed by atoms with Gasteiger partial charge in [0, 0.05) is 12.7 Å². The maximum Gasteiger partial charge on any atom is 0.414 e. The van der Waals surface area contributed by atoms with Gasteiger partial charge in [0.2, 0.25) is 5.91 Å². The largest absolute Gasteiger partial charge is 0.486 e. The minimum atomic E-state index is -0.849. The third-order valence-electron chi connectivity index (χ3n) is 4.71. The molecule has 0 spiro atoms. The Bertz CT molecular complexity index is 636. The lowest BCUT2D eigenvalue weighted by Crippen LogP contribution is -2.42. The van der Waals surface area contributed by atoms with Crippen molar-refractivity contribution in [2.45, 2.75) is 64.4 Å². The summed E-state index contributed by atoms with van der Waals surface area (Å²) < 4.78 is 22.6. The average molecular weight is 402 g/mol. The number of alkyl halides is 1. The molecule has 8 heteroatoms.